The van der Waals surface area contributed by atoms with Gasteiger partial charge in [0.2, 0.25) is 0 Å². The van der Waals surface area contributed by atoms with Gasteiger partial charge in [-0.1, -0.05) is 36.4 Å². The molecule has 6 nitrogen and oxygen atoms in total. The Labute approximate surface area is 133 Å². The molecule has 0 heterocycles. The van der Waals surface area contributed by atoms with Gasteiger partial charge in [0.25, 0.3) is 0 Å². The van der Waals surface area contributed by atoms with E-state index in [9.17, 15) is 20.1 Å². The van der Waals surface area contributed by atoms with Gasteiger partial charge >= 0.3 is 0 Å². The van der Waals surface area contributed by atoms with Crippen molar-refractivity contribution < 1.29 is 20.1 Å². The molecule has 1 unspecified atom stereocenters. The molecule has 0 saturated carbocycles. The summed E-state index contributed by atoms with van der Waals surface area (Å²) in [4.78, 5) is 12.4. The van der Waals surface area contributed by atoms with E-state index < -0.39 is 12.0 Å². The maximum Gasteiger partial charge on any atom is 0.196 e. The van der Waals surface area contributed by atoms with Crippen molar-refractivity contribution in [3.8, 4) is 11.5 Å². The molecule has 6 heteroatoms. The van der Waals surface area contributed by atoms with Crippen LogP contribution < -0.4 is 0 Å². The summed E-state index contributed by atoms with van der Waals surface area (Å²) in [6.45, 7) is 3.47. The third-order valence-electron chi connectivity index (χ3n) is 3.05. The van der Waals surface area contributed by atoms with E-state index in [1.807, 2.05) is 0 Å². The Bertz CT molecular complexity index is 742. The molecule has 0 saturated heterocycles. The van der Waals surface area contributed by atoms with Gasteiger partial charge in [-0.2, -0.15) is 5.11 Å². The Morgan fingerprint density at radius 1 is 1.17 bits per heavy atom. The monoisotopic (exact) mass is 312 g/mol. The van der Waals surface area contributed by atoms with E-state index >= 15 is 0 Å². The fourth-order valence-electron chi connectivity index (χ4n) is 1.90. The molecule has 0 fully saturated rings. The van der Waals surface area contributed by atoms with Crippen molar-refractivity contribution in [2.75, 3.05) is 0 Å². The number of carbonyl (C=O) groups is 1. The minimum Gasteiger partial charge on any atom is -0.507 e. The number of benzene rings is 2. The lowest BCUT2D eigenvalue weighted by Gasteiger charge is -2.07. The molecule has 0 spiro atoms. The van der Waals surface area contributed by atoms with Crippen molar-refractivity contribution in [2.45, 2.75) is 12.6 Å². The van der Waals surface area contributed by atoms with Crippen LogP contribution in [0.1, 0.15) is 22.3 Å². The quantitative estimate of drug-likeness (QED) is 0.432. The van der Waals surface area contributed by atoms with E-state index in [4.69, 9.17) is 0 Å². The summed E-state index contributed by atoms with van der Waals surface area (Å²) in [6, 6.07) is 10.7. The molecule has 0 aliphatic rings. The number of aliphatic hydroxyl groups is 1. The largest absolute Gasteiger partial charge is 0.507 e. The molecular formula is C17H16N2O4. The fraction of sp³-hybridized carbons (Fsp3) is 0.118. The summed E-state index contributed by atoms with van der Waals surface area (Å²) >= 11 is 0. The molecule has 2 aromatic rings. The van der Waals surface area contributed by atoms with E-state index in [2.05, 4.69) is 16.8 Å². The highest BCUT2D eigenvalue weighted by Gasteiger charge is 2.17. The Kier molecular flexibility index (Phi) is 5.22. The Morgan fingerprint density at radius 2 is 1.87 bits per heavy atom. The van der Waals surface area contributed by atoms with Crippen LogP contribution in [0.2, 0.25) is 0 Å². The van der Waals surface area contributed by atoms with Crippen molar-refractivity contribution in [3.05, 3.63) is 66.2 Å². The number of carbonyl (C=O) groups excluding carboxylic acids is 1. The lowest BCUT2D eigenvalue weighted by molar-refractivity contribution is 0.103. The van der Waals surface area contributed by atoms with Crippen LogP contribution in [0.3, 0.4) is 0 Å². The van der Waals surface area contributed by atoms with Crippen molar-refractivity contribution in [2.24, 2.45) is 10.2 Å². The standard InChI is InChI=1S/C17H16N2O4/c1-2-6-16(22)19-18-13-9-12(14(20)10-15(13)21)17(23)11-7-4-3-5-8-11/h2-5,7-10,16,20-22H,1,6H2. The predicted molar refractivity (Wildman–Crippen MR) is 85.0 cm³/mol. The first kappa shape index (κ1) is 16.4. The molecule has 0 radical (unpaired) electrons. The third kappa shape index (κ3) is 4.02. The highest BCUT2D eigenvalue weighted by atomic mass is 16.3. The summed E-state index contributed by atoms with van der Waals surface area (Å²) in [5.41, 5.74) is 0.356. The Balaban J connectivity index is 2.36. The predicted octanol–water partition coefficient (Wildman–Crippen LogP) is 3.31. The molecular weight excluding hydrogens is 296 g/mol. The average Bonchev–Trinajstić information content (AvgIpc) is 2.54. The molecule has 0 amide bonds. The molecule has 23 heavy (non-hydrogen) atoms. The second-order valence-corrected chi connectivity index (χ2v) is 4.77. The Hall–Kier alpha value is -2.99. The number of rotatable bonds is 6. The van der Waals surface area contributed by atoms with Crippen LogP contribution in [-0.4, -0.2) is 27.3 Å². The average molecular weight is 312 g/mol. The van der Waals surface area contributed by atoms with Gasteiger partial charge in [0.1, 0.15) is 17.2 Å². The van der Waals surface area contributed by atoms with Crippen LogP contribution in [0.25, 0.3) is 0 Å². The molecule has 1 atom stereocenters. The SMILES string of the molecule is C=CCC(O)N=Nc1cc(C(=O)c2ccccc2)c(O)cc1O. The van der Waals surface area contributed by atoms with Gasteiger partial charge in [0.15, 0.2) is 12.0 Å². The normalized spacial score (nSPS) is 12.2. The number of phenols is 2. The van der Waals surface area contributed by atoms with E-state index in [0.717, 1.165) is 6.07 Å². The second kappa shape index (κ2) is 7.33. The molecule has 2 aromatic carbocycles. The molecule has 0 bridgehead atoms. The van der Waals surface area contributed by atoms with Gasteiger partial charge in [-0.15, -0.1) is 11.7 Å². The molecule has 0 aliphatic heterocycles. The highest BCUT2D eigenvalue weighted by molar-refractivity contribution is 6.11. The van der Waals surface area contributed by atoms with E-state index in [0.29, 0.717) is 5.56 Å². The smallest absolute Gasteiger partial charge is 0.196 e. The summed E-state index contributed by atoms with van der Waals surface area (Å²) in [5.74, 6) is -1.12. The third-order valence-corrected chi connectivity index (χ3v) is 3.05. The highest BCUT2D eigenvalue weighted by Crippen LogP contribution is 2.35. The number of hydrogen-bond donors (Lipinski definition) is 3. The van der Waals surface area contributed by atoms with Gasteiger partial charge in [-0.3, -0.25) is 4.79 Å². The van der Waals surface area contributed by atoms with Crippen LogP contribution in [0.4, 0.5) is 5.69 Å². The van der Waals surface area contributed by atoms with Gasteiger partial charge in [0.05, 0.1) is 5.56 Å². The van der Waals surface area contributed by atoms with Crippen molar-refractivity contribution >= 4 is 11.5 Å². The molecule has 0 aliphatic carbocycles. The first-order valence-electron chi connectivity index (χ1n) is 6.88. The maximum atomic E-state index is 12.4. The maximum absolute atomic E-state index is 12.4. The zero-order valence-electron chi connectivity index (χ0n) is 12.3. The van der Waals surface area contributed by atoms with Crippen LogP contribution in [0.5, 0.6) is 11.5 Å². The first-order valence-corrected chi connectivity index (χ1v) is 6.88. The molecule has 2 rings (SSSR count). The molecule has 0 aromatic heterocycles. The fourth-order valence-corrected chi connectivity index (χ4v) is 1.90. The zero-order valence-corrected chi connectivity index (χ0v) is 12.3. The van der Waals surface area contributed by atoms with Crippen molar-refractivity contribution in [3.63, 3.8) is 0 Å². The zero-order chi connectivity index (χ0) is 16.8. The number of phenolic OH excluding ortho intramolecular Hbond substituents is 2. The number of aromatic hydroxyl groups is 2. The topological polar surface area (TPSA) is 102 Å². The minimum atomic E-state index is -1.09. The summed E-state index contributed by atoms with van der Waals surface area (Å²) < 4.78 is 0. The van der Waals surface area contributed by atoms with Gasteiger partial charge < -0.3 is 15.3 Å². The van der Waals surface area contributed by atoms with E-state index in [1.165, 1.54) is 12.1 Å². The number of aliphatic hydroxyl groups excluding tert-OH is 1. The number of nitrogens with zero attached hydrogens (tertiary/aromatic N) is 2. The molecule has 118 valence electrons. The van der Waals surface area contributed by atoms with Crippen LogP contribution in [0.15, 0.2) is 65.3 Å². The second-order valence-electron chi connectivity index (χ2n) is 4.77. The van der Waals surface area contributed by atoms with Gasteiger partial charge in [-0.05, 0) is 6.07 Å². The van der Waals surface area contributed by atoms with Crippen molar-refractivity contribution in [1.82, 2.24) is 0 Å². The molecule has 3 N–H and O–H groups in total. The number of azo groups is 1. The van der Waals surface area contributed by atoms with E-state index in [-0.39, 0.29) is 29.2 Å². The summed E-state index contributed by atoms with van der Waals surface area (Å²) in [7, 11) is 0. The van der Waals surface area contributed by atoms with Gasteiger partial charge in [-0.25, -0.2) is 0 Å². The Morgan fingerprint density at radius 3 is 2.52 bits per heavy atom. The lowest BCUT2D eigenvalue weighted by Crippen LogP contribution is -2.01. The van der Waals surface area contributed by atoms with Crippen LogP contribution >= 0.6 is 0 Å². The van der Waals surface area contributed by atoms with Crippen molar-refractivity contribution in [1.29, 1.82) is 0 Å². The summed E-state index contributed by atoms with van der Waals surface area (Å²) in [5, 5.41) is 36.5. The van der Waals surface area contributed by atoms with E-state index in [1.54, 1.807) is 30.3 Å². The lowest BCUT2D eigenvalue weighted by atomic mass is 10.0. The first-order chi connectivity index (χ1) is 11.0. The minimum absolute atomic E-state index is 0.0128. The van der Waals surface area contributed by atoms with Crippen LogP contribution in [0, 0.1) is 0 Å². The number of hydrogen-bond acceptors (Lipinski definition) is 6. The summed E-state index contributed by atoms with van der Waals surface area (Å²) in [6.07, 6.45) is 0.594. The van der Waals surface area contributed by atoms with Gasteiger partial charge in [0, 0.05) is 18.1 Å². The number of ketones is 1. The van der Waals surface area contributed by atoms with Crippen LogP contribution in [-0.2, 0) is 0 Å².